The molecule has 0 saturated heterocycles. The third-order valence-electron chi connectivity index (χ3n) is 4.36. The fourth-order valence-corrected chi connectivity index (χ4v) is 2.97. The van der Waals surface area contributed by atoms with Crippen molar-refractivity contribution in [3.8, 4) is 23.0 Å². The van der Waals surface area contributed by atoms with Crippen LogP contribution in [0.4, 0.5) is 0 Å². The summed E-state index contributed by atoms with van der Waals surface area (Å²) >= 11 is 0. The van der Waals surface area contributed by atoms with E-state index in [-0.39, 0.29) is 19.6 Å². The molecule has 2 heterocycles. The van der Waals surface area contributed by atoms with E-state index in [9.17, 15) is 4.79 Å². The van der Waals surface area contributed by atoms with Gasteiger partial charge in [0, 0.05) is 6.42 Å². The van der Waals surface area contributed by atoms with Gasteiger partial charge in [-0.15, -0.1) is 0 Å². The molecule has 0 bridgehead atoms. The Labute approximate surface area is 151 Å². The zero-order valence-corrected chi connectivity index (χ0v) is 14.4. The van der Waals surface area contributed by atoms with Crippen LogP contribution in [0, 0.1) is 0 Å². The van der Waals surface area contributed by atoms with Crippen LogP contribution in [0.25, 0.3) is 0 Å². The highest BCUT2D eigenvalue weighted by molar-refractivity contribution is 5.69. The Hall–Kier alpha value is -2.89. The number of aryl methyl sites for hydroxylation is 2. The van der Waals surface area contributed by atoms with Gasteiger partial charge in [0.1, 0.15) is 0 Å². The zero-order chi connectivity index (χ0) is 17.8. The van der Waals surface area contributed by atoms with Crippen molar-refractivity contribution < 1.29 is 28.5 Å². The van der Waals surface area contributed by atoms with Crippen LogP contribution in [-0.2, 0) is 22.4 Å². The van der Waals surface area contributed by atoms with Crippen molar-refractivity contribution in [2.75, 3.05) is 20.2 Å². The average molecular weight is 356 g/mol. The number of hydrogen-bond acceptors (Lipinski definition) is 6. The quantitative estimate of drug-likeness (QED) is 0.561. The van der Waals surface area contributed by atoms with Crippen molar-refractivity contribution in [2.24, 2.45) is 0 Å². The van der Waals surface area contributed by atoms with Crippen LogP contribution in [0.1, 0.15) is 24.0 Å². The number of rotatable bonds is 7. The van der Waals surface area contributed by atoms with Crippen LogP contribution < -0.4 is 18.9 Å². The number of carbonyl (C=O) groups is 1. The van der Waals surface area contributed by atoms with Gasteiger partial charge in [0.05, 0.1) is 6.61 Å². The van der Waals surface area contributed by atoms with E-state index in [1.807, 2.05) is 36.4 Å². The second kappa shape index (κ2) is 7.56. The Morgan fingerprint density at radius 1 is 0.808 bits per heavy atom. The van der Waals surface area contributed by atoms with Crippen molar-refractivity contribution in [2.45, 2.75) is 25.7 Å². The van der Waals surface area contributed by atoms with E-state index in [0.717, 1.165) is 47.0 Å². The van der Waals surface area contributed by atoms with Gasteiger partial charge in [-0.2, -0.15) is 0 Å². The molecule has 0 aromatic heterocycles. The van der Waals surface area contributed by atoms with Crippen molar-refractivity contribution in [1.82, 2.24) is 0 Å². The standard InChI is InChI=1S/C20H20O6/c21-20(8-5-15-4-7-17-19(11-15)26-13-24-17)22-9-1-2-14-3-6-16-18(10-14)25-12-23-16/h3-4,6-7,10-11H,1-2,5,8-9,12-13H2. The molecule has 26 heavy (non-hydrogen) atoms. The summed E-state index contributed by atoms with van der Waals surface area (Å²) in [5.74, 6) is 2.86. The number of ether oxygens (including phenoxy) is 5. The predicted octanol–water partition coefficient (Wildman–Crippen LogP) is 3.25. The van der Waals surface area contributed by atoms with E-state index in [1.165, 1.54) is 0 Å². The largest absolute Gasteiger partial charge is 0.466 e. The van der Waals surface area contributed by atoms with Gasteiger partial charge >= 0.3 is 5.97 Å². The summed E-state index contributed by atoms with van der Waals surface area (Å²) in [6.45, 7) is 0.943. The topological polar surface area (TPSA) is 63.2 Å². The van der Waals surface area contributed by atoms with E-state index in [2.05, 4.69) is 0 Å². The first-order valence-electron chi connectivity index (χ1n) is 8.70. The minimum Gasteiger partial charge on any atom is -0.466 e. The molecule has 0 radical (unpaired) electrons. The predicted molar refractivity (Wildman–Crippen MR) is 92.7 cm³/mol. The first kappa shape index (κ1) is 16.6. The van der Waals surface area contributed by atoms with Gasteiger partial charge in [0.2, 0.25) is 13.6 Å². The van der Waals surface area contributed by atoms with Crippen LogP contribution in [0.15, 0.2) is 36.4 Å². The smallest absolute Gasteiger partial charge is 0.306 e. The summed E-state index contributed by atoms with van der Waals surface area (Å²) in [7, 11) is 0. The first-order chi connectivity index (χ1) is 12.8. The van der Waals surface area contributed by atoms with Gasteiger partial charge < -0.3 is 23.7 Å². The lowest BCUT2D eigenvalue weighted by atomic mass is 10.1. The molecule has 136 valence electrons. The molecule has 0 unspecified atom stereocenters. The molecular weight excluding hydrogens is 336 g/mol. The van der Waals surface area contributed by atoms with Gasteiger partial charge in [-0.05, 0) is 54.7 Å². The SMILES string of the molecule is O=C(CCc1ccc2c(c1)OCO2)OCCCc1ccc2c(c1)OCO2. The molecule has 0 atom stereocenters. The summed E-state index contributed by atoms with van der Waals surface area (Å²) in [4.78, 5) is 11.9. The fraction of sp³-hybridized carbons (Fsp3) is 0.350. The van der Waals surface area contributed by atoms with Crippen LogP contribution in [0.2, 0.25) is 0 Å². The number of fused-ring (bicyclic) bond motifs is 2. The molecule has 2 aliphatic heterocycles. The van der Waals surface area contributed by atoms with Crippen LogP contribution in [-0.4, -0.2) is 26.2 Å². The highest BCUT2D eigenvalue weighted by Gasteiger charge is 2.14. The average Bonchev–Trinajstić information content (AvgIpc) is 3.31. The molecule has 2 aliphatic rings. The maximum atomic E-state index is 11.9. The van der Waals surface area contributed by atoms with Crippen molar-refractivity contribution in [3.63, 3.8) is 0 Å². The van der Waals surface area contributed by atoms with Gasteiger partial charge in [-0.25, -0.2) is 0 Å². The zero-order valence-electron chi connectivity index (χ0n) is 14.4. The summed E-state index contributed by atoms with van der Waals surface area (Å²) in [6, 6.07) is 11.6. The van der Waals surface area contributed by atoms with Crippen molar-refractivity contribution in [3.05, 3.63) is 47.5 Å². The molecule has 0 saturated carbocycles. The summed E-state index contributed by atoms with van der Waals surface area (Å²) in [5, 5.41) is 0. The Morgan fingerprint density at radius 2 is 1.38 bits per heavy atom. The summed E-state index contributed by atoms with van der Waals surface area (Å²) in [6.07, 6.45) is 2.57. The third-order valence-corrected chi connectivity index (χ3v) is 4.36. The van der Waals surface area contributed by atoms with E-state index in [0.29, 0.717) is 19.4 Å². The molecule has 2 aromatic carbocycles. The summed E-state index contributed by atoms with van der Waals surface area (Å²) in [5.41, 5.74) is 2.18. The second-order valence-corrected chi connectivity index (χ2v) is 6.20. The molecule has 0 spiro atoms. The van der Waals surface area contributed by atoms with E-state index < -0.39 is 0 Å². The molecule has 0 fully saturated rings. The molecule has 0 aliphatic carbocycles. The molecule has 0 N–H and O–H groups in total. The van der Waals surface area contributed by atoms with Crippen molar-refractivity contribution in [1.29, 1.82) is 0 Å². The maximum absolute atomic E-state index is 11.9. The van der Waals surface area contributed by atoms with E-state index >= 15 is 0 Å². The molecule has 2 aromatic rings. The van der Waals surface area contributed by atoms with E-state index in [1.54, 1.807) is 0 Å². The first-order valence-corrected chi connectivity index (χ1v) is 8.70. The molecule has 0 amide bonds. The lowest BCUT2D eigenvalue weighted by Gasteiger charge is -2.06. The van der Waals surface area contributed by atoms with Crippen LogP contribution >= 0.6 is 0 Å². The van der Waals surface area contributed by atoms with Crippen LogP contribution in [0.5, 0.6) is 23.0 Å². The monoisotopic (exact) mass is 356 g/mol. The highest BCUT2D eigenvalue weighted by Crippen LogP contribution is 2.33. The second-order valence-electron chi connectivity index (χ2n) is 6.20. The van der Waals surface area contributed by atoms with Gasteiger partial charge in [0.15, 0.2) is 23.0 Å². The lowest BCUT2D eigenvalue weighted by molar-refractivity contribution is -0.143. The Balaban J connectivity index is 1.16. The van der Waals surface area contributed by atoms with Crippen LogP contribution in [0.3, 0.4) is 0 Å². The van der Waals surface area contributed by atoms with Crippen molar-refractivity contribution >= 4 is 5.97 Å². The fourth-order valence-electron chi connectivity index (χ4n) is 2.97. The number of hydrogen-bond donors (Lipinski definition) is 0. The normalized spacial score (nSPS) is 13.7. The van der Waals surface area contributed by atoms with Gasteiger partial charge in [0.25, 0.3) is 0 Å². The van der Waals surface area contributed by atoms with Gasteiger partial charge in [-0.3, -0.25) is 4.79 Å². The number of benzene rings is 2. The molecule has 4 rings (SSSR count). The maximum Gasteiger partial charge on any atom is 0.306 e. The van der Waals surface area contributed by atoms with E-state index in [4.69, 9.17) is 23.7 Å². The Kier molecular flexibility index (Phi) is 4.82. The number of carbonyl (C=O) groups excluding carboxylic acids is 1. The minimum atomic E-state index is -0.187. The third kappa shape index (κ3) is 3.85. The highest BCUT2D eigenvalue weighted by atomic mass is 16.7. The molecule has 6 nitrogen and oxygen atoms in total. The minimum absolute atomic E-state index is 0.187. The lowest BCUT2D eigenvalue weighted by Crippen LogP contribution is -2.07. The number of esters is 1. The van der Waals surface area contributed by atoms with Gasteiger partial charge in [-0.1, -0.05) is 12.1 Å². The summed E-state index contributed by atoms with van der Waals surface area (Å²) < 4.78 is 26.6. The Bertz CT molecular complexity index is 801. The Morgan fingerprint density at radius 3 is 2.04 bits per heavy atom. The molecule has 6 heteroatoms. The molecular formula is C20H20O6.